The Morgan fingerprint density at radius 1 is 1.38 bits per heavy atom. The van der Waals surface area contributed by atoms with Crippen LogP contribution in [-0.2, 0) is 4.79 Å². The number of hydrogen-bond donors (Lipinski definition) is 1. The fourth-order valence-electron chi connectivity index (χ4n) is 2.85. The molecule has 2 aliphatic rings. The molecule has 1 aromatic rings. The molecular weight excluding hydrogens is 268 g/mol. The first-order valence-corrected chi connectivity index (χ1v) is 7.55. The van der Waals surface area contributed by atoms with Gasteiger partial charge in [0.15, 0.2) is 17.6 Å². The van der Waals surface area contributed by atoms with Crippen molar-refractivity contribution in [2.75, 3.05) is 33.3 Å². The Hall–Kier alpha value is -1.75. The van der Waals surface area contributed by atoms with Crippen molar-refractivity contribution in [2.45, 2.75) is 18.9 Å². The molecule has 1 N–H and O–H groups in total. The lowest BCUT2D eigenvalue weighted by molar-refractivity contribution is -0.132. The van der Waals surface area contributed by atoms with Crippen molar-refractivity contribution in [3.05, 3.63) is 24.3 Å². The summed E-state index contributed by atoms with van der Waals surface area (Å²) in [6.07, 6.45) is 1.61. The van der Waals surface area contributed by atoms with Crippen LogP contribution in [0.3, 0.4) is 0 Å². The summed E-state index contributed by atoms with van der Waals surface area (Å²) in [6, 6.07) is 7.64. The number of likely N-dealkylation sites (N-methyl/N-ethyl adjacent to an activating group) is 1. The molecule has 0 saturated carbocycles. The number of carbonyl (C=O) groups excluding carboxylic acids is 1. The zero-order chi connectivity index (χ0) is 14.7. The van der Waals surface area contributed by atoms with Gasteiger partial charge in [0.05, 0.1) is 6.54 Å². The van der Waals surface area contributed by atoms with E-state index in [9.17, 15) is 4.79 Å². The van der Waals surface area contributed by atoms with Crippen molar-refractivity contribution < 1.29 is 14.3 Å². The summed E-state index contributed by atoms with van der Waals surface area (Å²) in [5.74, 6) is 2.20. The number of fused-ring (bicyclic) bond motifs is 1. The van der Waals surface area contributed by atoms with E-state index in [0.717, 1.165) is 31.0 Å². The zero-order valence-corrected chi connectivity index (χ0v) is 12.4. The van der Waals surface area contributed by atoms with E-state index in [-0.39, 0.29) is 12.0 Å². The smallest absolute Gasteiger partial charge is 0.222 e. The molecule has 2 unspecified atom stereocenters. The van der Waals surface area contributed by atoms with E-state index in [1.54, 1.807) is 4.90 Å². The molecule has 21 heavy (non-hydrogen) atoms. The van der Waals surface area contributed by atoms with E-state index in [4.69, 9.17) is 9.47 Å². The highest BCUT2D eigenvalue weighted by atomic mass is 16.6. The van der Waals surface area contributed by atoms with E-state index in [1.165, 1.54) is 0 Å². The fourth-order valence-corrected chi connectivity index (χ4v) is 2.85. The van der Waals surface area contributed by atoms with Gasteiger partial charge in [0, 0.05) is 13.5 Å². The number of nitrogens with one attached hydrogen (secondary N) is 1. The van der Waals surface area contributed by atoms with Crippen LogP contribution in [0.1, 0.15) is 12.8 Å². The quantitative estimate of drug-likeness (QED) is 0.908. The van der Waals surface area contributed by atoms with Crippen molar-refractivity contribution in [1.29, 1.82) is 0 Å². The van der Waals surface area contributed by atoms with Gasteiger partial charge in [-0.3, -0.25) is 4.79 Å². The minimum absolute atomic E-state index is 0.101. The molecule has 1 fully saturated rings. The third-order valence-corrected chi connectivity index (χ3v) is 4.10. The Balaban J connectivity index is 1.51. The third-order valence-electron chi connectivity index (χ3n) is 4.10. The molecule has 0 radical (unpaired) electrons. The number of amides is 1. The minimum Gasteiger partial charge on any atom is -0.486 e. The standard InChI is InChI=1S/C16H22N2O3/c1-18(16(19)8-12-6-7-17-9-12)10-13-11-20-14-4-2-3-5-15(14)21-13/h2-5,12-13,17H,6-11H2,1H3. The van der Waals surface area contributed by atoms with Gasteiger partial charge in [-0.2, -0.15) is 0 Å². The topological polar surface area (TPSA) is 50.8 Å². The lowest BCUT2D eigenvalue weighted by Gasteiger charge is -2.30. The van der Waals surface area contributed by atoms with Crippen LogP contribution in [-0.4, -0.2) is 50.2 Å². The lowest BCUT2D eigenvalue weighted by atomic mass is 10.0. The normalized spacial score (nSPS) is 23.9. The Kier molecular flexibility index (Phi) is 4.29. The largest absolute Gasteiger partial charge is 0.486 e. The first-order chi connectivity index (χ1) is 10.2. The molecule has 1 saturated heterocycles. The molecule has 5 nitrogen and oxygen atoms in total. The molecule has 3 rings (SSSR count). The van der Waals surface area contributed by atoms with Crippen LogP contribution in [0.25, 0.3) is 0 Å². The molecule has 5 heteroatoms. The van der Waals surface area contributed by atoms with Crippen molar-refractivity contribution in [3.8, 4) is 11.5 Å². The molecule has 2 atom stereocenters. The number of benzene rings is 1. The summed E-state index contributed by atoms with van der Waals surface area (Å²) >= 11 is 0. The zero-order valence-electron chi connectivity index (χ0n) is 12.4. The van der Waals surface area contributed by atoms with Crippen LogP contribution in [0.2, 0.25) is 0 Å². The van der Waals surface area contributed by atoms with Gasteiger partial charge in [0.2, 0.25) is 5.91 Å². The van der Waals surface area contributed by atoms with Crippen LogP contribution in [0.15, 0.2) is 24.3 Å². The second-order valence-electron chi connectivity index (χ2n) is 5.83. The van der Waals surface area contributed by atoms with Crippen molar-refractivity contribution in [3.63, 3.8) is 0 Å². The van der Waals surface area contributed by atoms with Crippen LogP contribution in [0.4, 0.5) is 0 Å². The SMILES string of the molecule is CN(CC1COc2ccccc2O1)C(=O)CC1CCNC1. The molecular formula is C16H22N2O3. The molecule has 2 heterocycles. The fraction of sp³-hybridized carbons (Fsp3) is 0.562. The van der Waals surface area contributed by atoms with E-state index in [0.29, 0.717) is 25.5 Å². The number of para-hydroxylation sites is 2. The Morgan fingerprint density at radius 3 is 2.95 bits per heavy atom. The van der Waals surface area contributed by atoms with E-state index < -0.39 is 0 Å². The highest BCUT2D eigenvalue weighted by Crippen LogP contribution is 2.31. The molecule has 0 aliphatic carbocycles. The maximum atomic E-state index is 12.2. The van der Waals surface area contributed by atoms with Gasteiger partial charge in [-0.05, 0) is 37.6 Å². The summed E-state index contributed by atoms with van der Waals surface area (Å²) < 4.78 is 11.6. The number of carbonyl (C=O) groups is 1. The minimum atomic E-state index is -0.101. The van der Waals surface area contributed by atoms with Gasteiger partial charge in [-0.15, -0.1) is 0 Å². The predicted molar refractivity (Wildman–Crippen MR) is 79.6 cm³/mol. The number of rotatable bonds is 4. The highest BCUT2D eigenvalue weighted by Gasteiger charge is 2.25. The summed E-state index contributed by atoms with van der Waals surface area (Å²) in [5.41, 5.74) is 0. The average Bonchev–Trinajstić information content (AvgIpc) is 3.00. The van der Waals surface area contributed by atoms with Crippen LogP contribution in [0, 0.1) is 5.92 Å². The van der Waals surface area contributed by atoms with Gasteiger partial charge < -0.3 is 19.7 Å². The average molecular weight is 290 g/mol. The highest BCUT2D eigenvalue weighted by molar-refractivity contribution is 5.76. The molecule has 1 aromatic carbocycles. The molecule has 2 aliphatic heterocycles. The third kappa shape index (κ3) is 3.47. The predicted octanol–water partition coefficient (Wildman–Crippen LogP) is 1.28. The van der Waals surface area contributed by atoms with E-state index >= 15 is 0 Å². The maximum absolute atomic E-state index is 12.2. The monoisotopic (exact) mass is 290 g/mol. The molecule has 0 bridgehead atoms. The second-order valence-corrected chi connectivity index (χ2v) is 5.83. The van der Waals surface area contributed by atoms with Gasteiger partial charge in [0.25, 0.3) is 0 Å². The molecule has 0 spiro atoms. The summed E-state index contributed by atoms with van der Waals surface area (Å²) in [4.78, 5) is 14.0. The Morgan fingerprint density at radius 2 is 2.19 bits per heavy atom. The second kappa shape index (κ2) is 6.35. The van der Waals surface area contributed by atoms with Crippen LogP contribution < -0.4 is 14.8 Å². The van der Waals surface area contributed by atoms with Crippen molar-refractivity contribution in [1.82, 2.24) is 10.2 Å². The lowest BCUT2D eigenvalue weighted by Crippen LogP contribution is -2.42. The molecule has 1 amide bonds. The van der Waals surface area contributed by atoms with Crippen LogP contribution >= 0.6 is 0 Å². The first-order valence-electron chi connectivity index (χ1n) is 7.55. The summed E-state index contributed by atoms with van der Waals surface area (Å²) in [7, 11) is 1.84. The number of nitrogens with zero attached hydrogens (tertiary/aromatic N) is 1. The van der Waals surface area contributed by atoms with Gasteiger partial charge in [0.1, 0.15) is 6.61 Å². The van der Waals surface area contributed by atoms with Crippen LogP contribution in [0.5, 0.6) is 11.5 Å². The first kappa shape index (κ1) is 14.2. The molecule has 114 valence electrons. The summed E-state index contributed by atoms with van der Waals surface area (Å²) in [5, 5.41) is 3.29. The Labute approximate surface area is 125 Å². The number of hydrogen-bond acceptors (Lipinski definition) is 4. The van der Waals surface area contributed by atoms with Crippen molar-refractivity contribution in [2.24, 2.45) is 5.92 Å². The van der Waals surface area contributed by atoms with Crippen molar-refractivity contribution >= 4 is 5.91 Å². The van der Waals surface area contributed by atoms with E-state index in [2.05, 4.69) is 5.32 Å². The summed E-state index contributed by atoms with van der Waals surface area (Å²) in [6.45, 7) is 3.03. The van der Waals surface area contributed by atoms with E-state index in [1.807, 2.05) is 31.3 Å². The maximum Gasteiger partial charge on any atom is 0.222 e. The van der Waals surface area contributed by atoms with Gasteiger partial charge in [-0.25, -0.2) is 0 Å². The number of ether oxygens (including phenoxy) is 2. The van der Waals surface area contributed by atoms with Gasteiger partial charge in [-0.1, -0.05) is 12.1 Å². The molecule has 0 aromatic heterocycles. The Bertz CT molecular complexity index is 500. The van der Waals surface area contributed by atoms with Gasteiger partial charge >= 0.3 is 0 Å².